The van der Waals surface area contributed by atoms with Crippen molar-refractivity contribution in [2.24, 2.45) is 0 Å². The number of para-hydroxylation sites is 1. The lowest BCUT2D eigenvalue weighted by molar-refractivity contribution is 0.318. The number of nitrogen functional groups attached to an aromatic ring is 1. The molecule has 1 aromatic carbocycles. The van der Waals surface area contributed by atoms with E-state index in [0.717, 1.165) is 29.1 Å². The Morgan fingerprint density at radius 2 is 2.00 bits per heavy atom. The minimum absolute atomic E-state index is 0.287. The normalized spacial score (nSPS) is 10.3. The molecule has 0 aliphatic heterocycles. The topological polar surface area (TPSA) is 61.0 Å². The minimum atomic E-state index is 0.287. The zero-order chi connectivity index (χ0) is 13.0. The molecule has 0 unspecified atom stereocenters. The SMILES string of the molecule is CCCOc1ccccc1-c1cc(C)nc(N)n1. The van der Waals surface area contributed by atoms with E-state index in [-0.39, 0.29) is 5.95 Å². The number of benzene rings is 1. The van der Waals surface area contributed by atoms with Gasteiger partial charge in [-0.15, -0.1) is 0 Å². The molecule has 0 saturated carbocycles. The van der Waals surface area contributed by atoms with Gasteiger partial charge in [-0.05, 0) is 31.5 Å². The van der Waals surface area contributed by atoms with Crippen molar-refractivity contribution in [1.82, 2.24) is 9.97 Å². The molecule has 1 heterocycles. The number of aryl methyl sites for hydroxylation is 1. The number of ether oxygens (including phenoxy) is 1. The van der Waals surface area contributed by atoms with E-state index in [1.165, 1.54) is 0 Å². The van der Waals surface area contributed by atoms with Crippen LogP contribution in [0.1, 0.15) is 19.0 Å². The first-order chi connectivity index (χ1) is 8.70. The van der Waals surface area contributed by atoms with Gasteiger partial charge >= 0.3 is 0 Å². The van der Waals surface area contributed by atoms with Crippen molar-refractivity contribution in [2.75, 3.05) is 12.3 Å². The highest BCUT2D eigenvalue weighted by Crippen LogP contribution is 2.29. The van der Waals surface area contributed by atoms with Crippen LogP contribution in [0.2, 0.25) is 0 Å². The summed E-state index contributed by atoms with van der Waals surface area (Å²) in [5, 5.41) is 0. The van der Waals surface area contributed by atoms with E-state index in [9.17, 15) is 0 Å². The molecule has 0 amide bonds. The van der Waals surface area contributed by atoms with E-state index in [2.05, 4.69) is 16.9 Å². The lowest BCUT2D eigenvalue weighted by atomic mass is 10.1. The van der Waals surface area contributed by atoms with E-state index < -0.39 is 0 Å². The quantitative estimate of drug-likeness (QED) is 0.897. The third-order valence-corrected chi connectivity index (χ3v) is 2.50. The fourth-order valence-corrected chi connectivity index (χ4v) is 1.75. The number of hydrogen-bond donors (Lipinski definition) is 1. The van der Waals surface area contributed by atoms with Gasteiger partial charge in [0.15, 0.2) is 0 Å². The molecule has 0 spiro atoms. The summed E-state index contributed by atoms with van der Waals surface area (Å²) in [5.74, 6) is 1.12. The van der Waals surface area contributed by atoms with Crippen LogP contribution < -0.4 is 10.5 Å². The summed E-state index contributed by atoms with van der Waals surface area (Å²) in [4.78, 5) is 8.34. The molecular weight excluding hydrogens is 226 g/mol. The summed E-state index contributed by atoms with van der Waals surface area (Å²) in [6.45, 7) is 4.67. The predicted molar refractivity (Wildman–Crippen MR) is 72.4 cm³/mol. The molecule has 0 aliphatic carbocycles. The Hall–Kier alpha value is -2.10. The largest absolute Gasteiger partial charge is 0.493 e. The molecule has 0 saturated heterocycles. The second kappa shape index (κ2) is 5.49. The summed E-state index contributed by atoms with van der Waals surface area (Å²) >= 11 is 0. The fourth-order valence-electron chi connectivity index (χ4n) is 1.75. The van der Waals surface area contributed by atoms with Gasteiger partial charge in [-0.2, -0.15) is 0 Å². The highest BCUT2D eigenvalue weighted by atomic mass is 16.5. The molecule has 1 aromatic heterocycles. The maximum atomic E-state index is 5.72. The monoisotopic (exact) mass is 243 g/mol. The van der Waals surface area contributed by atoms with E-state index in [4.69, 9.17) is 10.5 Å². The number of aromatic nitrogens is 2. The number of anilines is 1. The molecular formula is C14H17N3O. The van der Waals surface area contributed by atoms with Crippen molar-refractivity contribution in [1.29, 1.82) is 0 Å². The van der Waals surface area contributed by atoms with Gasteiger partial charge in [-0.1, -0.05) is 19.1 Å². The van der Waals surface area contributed by atoms with Gasteiger partial charge in [0.2, 0.25) is 5.95 Å². The zero-order valence-corrected chi connectivity index (χ0v) is 10.7. The van der Waals surface area contributed by atoms with Crippen molar-refractivity contribution in [3.05, 3.63) is 36.0 Å². The summed E-state index contributed by atoms with van der Waals surface area (Å²) in [6, 6.07) is 9.74. The van der Waals surface area contributed by atoms with Crippen molar-refractivity contribution >= 4 is 5.95 Å². The highest BCUT2D eigenvalue weighted by molar-refractivity contribution is 5.67. The van der Waals surface area contributed by atoms with Crippen LogP contribution in [0.15, 0.2) is 30.3 Å². The van der Waals surface area contributed by atoms with Gasteiger partial charge in [0.25, 0.3) is 0 Å². The molecule has 18 heavy (non-hydrogen) atoms. The molecule has 0 bridgehead atoms. The third-order valence-electron chi connectivity index (χ3n) is 2.50. The van der Waals surface area contributed by atoms with Gasteiger partial charge in [0.05, 0.1) is 12.3 Å². The van der Waals surface area contributed by atoms with Crippen LogP contribution in [0.3, 0.4) is 0 Å². The van der Waals surface area contributed by atoms with Crippen LogP contribution in [-0.2, 0) is 0 Å². The highest BCUT2D eigenvalue weighted by Gasteiger charge is 2.08. The minimum Gasteiger partial charge on any atom is -0.493 e. The molecule has 0 aliphatic rings. The number of nitrogens with zero attached hydrogens (tertiary/aromatic N) is 2. The van der Waals surface area contributed by atoms with Gasteiger partial charge in [-0.25, -0.2) is 9.97 Å². The molecule has 4 heteroatoms. The van der Waals surface area contributed by atoms with Crippen LogP contribution in [0, 0.1) is 6.92 Å². The molecule has 0 atom stereocenters. The van der Waals surface area contributed by atoms with Gasteiger partial charge in [-0.3, -0.25) is 0 Å². The maximum Gasteiger partial charge on any atom is 0.220 e. The first kappa shape index (κ1) is 12.4. The Balaban J connectivity index is 2.42. The molecule has 2 N–H and O–H groups in total. The number of rotatable bonds is 4. The van der Waals surface area contributed by atoms with Crippen molar-refractivity contribution in [2.45, 2.75) is 20.3 Å². The second-order valence-electron chi connectivity index (χ2n) is 4.10. The molecule has 94 valence electrons. The Morgan fingerprint density at radius 3 is 2.72 bits per heavy atom. The van der Waals surface area contributed by atoms with Crippen LogP contribution in [-0.4, -0.2) is 16.6 Å². The summed E-state index contributed by atoms with van der Waals surface area (Å²) in [6.07, 6.45) is 0.972. The summed E-state index contributed by atoms with van der Waals surface area (Å²) in [5.41, 5.74) is 8.28. The van der Waals surface area contributed by atoms with Gasteiger partial charge < -0.3 is 10.5 Å². The summed E-state index contributed by atoms with van der Waals surface area (Å²) < 4.78 is 5.72. The molecule has 2 aromatic rings. The molecule has 0 fully saturated rings. The van der Waals surface area contributed by atoms with Crippen LogP contribution >= 0.6 is 0 Å². The number of hydrogen-bond acceptors (Lipinski definition) is 4. The fraction of sp³-hybridized carbons (Fsp3) is 0.286. The van der Waals surface area contributed by atoms with E-state index in [0.29, 0.717) is 6.61 Å². The van der Waals surface area contributed by atoms with Crippen LogP contribution in [0.25, 0.3) is 11.3 Å². The second-order valence-corrected chi connectivity index (χ2v) is 4.10. The lowest BCUT2D eigenvalue weighted by Crippen LogP contribution is -2.01. The smallest absolute Gasteiger partial charge is 0.220 e. The summed E-state index contributed by atoms with van der Waals surface area (Å²) in [7, 11) is 0. The molecule has 4 nitrogen and oxygen atoms in total. The van der Waals surface area contributed by atoms with Gasteiger partial charge in [0, 0.05) is 11.3 Å². The first-order valence-electron chi connectivity index (χ1n) is 6.04. The predicted octanol–water partition coefficient (Wildman–Crippen LogP) is 2.82. The van der Waals surface area contributed by atoms with E-state index in [1.807, 2.05) is 37.3 Å². The molecule has 2 rings (SSSR count). The van der Waals surface area contributed by atoms with Gasteiger partial charge in [0.1, 0.15) is 5.75 Å². The Bertz CT molecular complexity index is 520. The lowest BCUT2D eigenvalue weighted by Gasteiger charge is -2.10. The van der Waals surface area contributed by atoms with E-state index >= 15 is 0 Å². The Labute approximate surface area is 107 Å². The third kappa shape index (κ3) is 2.77. The Kier molecular flexibility index (Phi) is 3.77. The average molecular weight is 243 g/mol. The zero-order valence-electron chi connectivity index (χ0n) is 10.7. The Morgan fingerprint density at radius 1 is 1.22 bits per heavy atom. The standard InChI is InChI=1S/C14H17N3O/c1-3-8-18-13-7-5-4-6-11(13)12-9-10(2)16-14(15)17-12/h4-7,9H,3,8H2,1-2H3,(H2,15,16,17). The average Bonchev–Trinajstić information content (AvgIpc) is 2.35. The molecule has 0 radical (unpaired) electrons. The van der Waals surface area contributed by atoms with Crippen molar-refractivity contribution in [3.8, 4) is 17.0 Å². The van der Waals surface area contributed by atoms with Crippen LogP contribution in [0.4, 0.5) is 5.95 Å². The first-order valence-corrected chi connectivity index (χ1v) is 6.04. The maximum absolute atomic E-state index is 5.72. The van der Waals surface area contributed by atoms with Crippen LogP contribution in [0.5, 0.6) is 5.75 Å². The number of nitrogens with two attached hydrogens (primary N) is 1. The van der Waals surface area contributed by atoms with Crippen molar-refractivity contribution < 1.29 is 4.74 Å². The van der Waals surface area contributed by atoms with E-state index in [1.54, 1.807) is 0 Å². The van der Waals surface area contributed by atoms with Crippen molar-refractivity contribution in [3.63, 3.8) is 0 Å².